The molecular formula is C24H18FNO4. The molecule has 0 aromatic heterocycles. The van der Waals surface area contributed by atoms with Gasteiger partial charge in [-0.25, -0.2) is 4.39 Å². The van der Waals surface area contributed by atoms with Gasteiger partial charge in [-0.3, -0.25) is 14.5 Å². The molecule has 1 aliphatic heterocycles. The number of anilines is 1. The minimum Gasteiger partial charge on any atom is -0.507 e. The molecule has 1 saturated heterocycles. The van der Waals surface area contributed by atoms with E-state index in [-0.39, 0.29) is 11.3 Å². The van der Waals surface area contributed by atoms with Gasteiger partial charge < -0.3 is 9.84 Å². The van der Waals surface area contributed by atoms with Crippen molar-refractivity contribution in [1.82, 2.24) is 0 Å². The maximum Gasteiger partial charge on any atom is 0.300 e. The van der Waals surface area contributed by atoms with Gasteiger partial charge in [-0.15, -0.1) is 0 Å². The highest BCUT2D eigenvalue weighted by atomic mass is 19.1. The lowest BCUT2D eigenvalue weighted by Crippen LogP contribution is -2.29. The van der Waals surface area contributed by atoms with Crippen LogP contribution in [0, 0.1) is 5.82 Å². The van der Waals surface area contributed by atoms with Crippen LogP contribution in [0.4, 0.5) is 10.1 Å². The van der Waals surface area contributed by atoms with Gasteiger partial charge in [-0.2, -0.15) is 0 Å². The summed E-state index contributed by atoms with van der Waals surface area (Å²) in [6, 6.07) is 19.9. The molecule has 1 aliphatic rings. The number of Topliss-reactive ketones (excluding diaryl/α,β-unsaturated/α-hetero) is 1. The van der Waals surface area contributed by atoms with Gasteiger partial charge in [0, 0.05) is 11.3 Å². The number of carbonyl (C=O) groups excluding carboxylic acids is 2. The zero-order valence-electron chi connectivity index (χ0n) is 16.1. The topological polar surface area (TPSA) is 66.8 Å². The Kier molecular flexibility index (Phi) is 5.06. The number of ether oxygens (including phenoxy) is 1. The molecule has 1 unspecified atom stereocenters. The highest BCUT2D eigenvalue weighted by molar-refractivity contribution is 6.51. The first-order valence-electron chi connectivity index (χ1n) is 9.27. The Labute approximate surface area is 172 Å². The van der Waals surface area contributed by atoms with Crippen molar-refractivity contribution in [2.45, 2.75) is 6.04 Å². The fourth-order valence-electron chi connectivity index (χ4n) is 3.55. The molecular weight excluding hydrogens is 385 g/mol. The fraction of sp³-hybridized carbons (Fsp3) is 0.0833. The number of halogens is 1. The van der Waals surface area contributed by atoms with E-state index in [9.17, 15) is 19.1 Å². The van der Waals surface area contributed by atoms with E-state index in [1.807, 2.05) is 0 Å². The van der Waals surface area contributed by atoms with Crippen LogP contribution in [-0.4, -0.2) is 23.9 Å². The summed E-state index contributed by atoms with van der Waals surface area (Å²) < 4.78 is 18.6. The number of carbonyl (C=O) groups is 2. The molecule has 3 aromatic rings. The van der Waals surface area contributed by atoms with Crippen molar-refractivity contribution in [1.29, 1.82) is 0 Å². The molecule has 30 heavy (non-hydrogen) atoms. The monoisotopic (exact) mass is 403 g/mol. The summed E-state index contributed by atoms with van der Waals surface area (Å²) >= 11 is 0. The molecule has 0 spiro atoms. The van der Waals surface area contributed by atoms with Crippen molar-refractivity contribution in [3.8, 4) is 5.75 Å². The van der Waals surface area contributed by atoms with Crippen LogP contribution in [0.25, 0.3) is 5.76 Å². The standard InChI is InChI=1S/C24H18FNO4/c1-30-19-13-7-15(8-14-19)21-20(22(27)16-5-3-2-4-6-16)23(28)24(29)26(21)18-11-9-17(25)10-12-18/h2-14,21,27H,1H3. The summed E-state index contributed by atoms with van der Waals surface area (Å²) in [7, 11) is 1.54. The second-order valence-corrected chi connectivity index (χ2v) is 6.78. The number of nitrogens with zero attached hydrogens (tertiary/aromatic N) is 1. The van der Waals surface area contributed by atoms with E-state index >= 15 is 0 Å². The quantitative estimate of drug-likeness (QED) is 0.397. The number of aliphatic hydroxyl groups is 1. The molecule has 1 N–H and O–H groups in total. The highest BCUT2D eigenvalue weighted by Gasteiger charge is 2.46. The van der Waals surface area contributed by atoms with Crippen LogP contribution in [0.5, 0.6) is 5.75 Å². The molecule has 4 rings (SSSR count). The number of hydrogen-bond donors (Lipinski definition) is 1. The predicted molar refractivity (Wildman–Crippen MR) is 111 cm³/mol. The van der Waals surface area contributed by atoms with E-state index < -0.39 is 23.5 Å². The molecule has 1 fully saturated rings. The number of aliphatic hydroxyl groups excluding tert-OH is 1. The van der Waals surface area contributed by atoms with Crippen LogP contribution in [0.3, 0.4) is 0 Å². The Morgan fingerprint density at radius 1 is 0.933 bits per heavy atom. The molecule has 1 heterocycles. The van der Waals surface area contributed by atoms with Crippen molar-refractivity contribution in [2.75, 3.05) is 12.0 Å². The summed E-state index contributed by atoms with van der Waals surface area (Å²) in [5.41, 5.74) is 1.36. The number of methoxy groups -OCH3 is 1. The number of benzene rings is 3. The molecule has 6 heteroatoms. The SMILES string of the molecule is COc1ccc(C2C(=C(O)c3ccccc3)C(=O)C(=O)N2c2ccc(F)cc2)cc1. The Hall–Kier alpha value is -3.93. The number of hydrogen-bond acceptors (Lipinski definition) is 4. The largest absolute Gasteiger partial charge is 0.507 e. The highest BCUT2D eigenvalue weighted by Crippen LogP contribution is 2.42. The van der Waals surface area contributed by atoms with Gasteiger partial charge in [0.2, 0.25) is 0 Å². The third kappa shape index (κ3) is 3.33. The Morgan fingerprint density at radius 2 is 1.57 bits per heavy atom. The van der Waals surface area contributed by atoms with Gasteiger partial charge >= 0.3 is 0 Å². The van der Waals surface area contributed by atoms with Crippen LogP contribution in [-0.2, 0) is 9.59 Å². The second-order valence-electron chi connectivity index (χ2n) is 6.78. The number of amides is 1. The molecule has 0 aliphatic carbocycles. The molecule has 1 atom stereocenters. The summed E-state index contributed by atoms with van der Waals surface area (Å²) in [5, 5.41) is 10.9. The van der Waals surface area contributed by atoms with Crippen molar-refractivity contribution in [3.63, 3.8) is 0 Å². The second kappa shape index (κ2) is 7.83. The predicted octanol–water partition coefficient (Wildman–Crippen LogP) is 4.46. The molecule has 5 nitrogen and oxygen atoms in total. The van der Waals surface area contributed by atoms with Crippen molar-refractivity contribution < 1.29 is 23.8 Å². The van der Waals surface area contributed by atoms with Crippen molar-refractivity contribution in [3.05, 3.63) is 101 Å². The average molecular weight is 403 g/mol. The Bertz CT molecular complexity index is 1120. The normalized spacial score (nSPS) is 17.9. The summed E-state index contributed by atoms with van der Waals surface area (Å²) in [6.07, 6.45) is 0. The third-order valence-electron chi connectivity index (χ3n) is 5.03. The lowest BCUT2D eigenvalue weighted by molar-refractivity contribution is -0.132. The summed E-state index contributed by atoms with van der Waals surface area (Å²) in [6.45, 7) is 0. The van der Waals surface area contributed by atoms with Crippen LogP contribution in [0.15, 0.2) is 84.4 Å². The van der Waals surface area contributed by atoms with Gasteiger partial charge in [0.1, 0.15) is 17.3 Å². The number of rotatable bonds is 4. The van der Waals surface area contributed by atoms with Gasteiger partial charge in [0.25, 0.3) is 11.7 Å². The molecule has 0 saturated carbocycles. The minimum absolute atomic E-state index is 0.0271. The van der Waals surface area contributed by atoms with Gasteiger partial charge in [-0.1, -0.05) is 42.5 Å². The van der Waals surface area contributed by atoms with E-state index in [0.29, 0.717) is 22.6 Å². The molecule has 0 radical (unpaired) electrons. The molecule has 3 aromatic carbocycles. The average Bonchev–Trinajstić information content (AvgIpc) is 3.05. The van der Waals surface area contributed by atoms with E-state index in [4.69, 9.17) is 4.74 Å². The minimum atomic E-state index is -0.874. The lowest BCUT2D eigenvalue weighted by Gasteiger charge is -2.25. The van der Waals surface area contributed by atoms with E-state index in [2.05, 4.69) is 0 Å². The van der Waals surface area contributed by atoms with Gasteiger partial charge in [-0.05, 0) is 42.0 Å². The zero-order valence-corrected chi connectivity index (χ0v) is 16.1. The van der Waals surface area contributed by atoms with Crippen LogP contribution < -0.4 is 9.64 Å². The summed E-state index contributed by atoms with van der Waals surface area (Å²) in [5.74, 6) is -1.71. The summed E-state index contributed by atoms with van der Waals surface area (Å²) in [4.78, 5) is 27.2. The number of ketones is 1. The lowest BCUT2D eigenvalue weighted by atomic mass is 9.95. The first kappa shape index (κ1) is 19.4. The van der Waals surface area contributed by atoms with Crippen LogP contribution in [0.1, 0.15) is 17.2 Å². The van der Waals surface area contributed by atoms with Crippen LogP contribution >= 0.6 is 0 Å². The van der Waals surface area contributed by atoms with E-state index in [0.717, 1.165) is 0 Å². The fourth-order valence-corrected chi connectivity index (χ4v) is 3.55. The first-order valence-corrected chi connectivity index (χ1v) is 9.27. The maximum absolute atomic E-state index is 13.4. The van der Waals surface area contributed by atoms with Gasteiger partial charge in [0.15, 0.2) is 0 Å². The van der Waals surface area contributed by atoms with E-state index in [1.165, 1.54) is 36.3 Å². The Morgan fingerprint density at radius 3 is 2.17 bits per heavy atom. The van der Waals surface area contributed by atoms with Crippen LogP contribution in [0.2, 0.25) is 0 Å². The van der Waals surface area contributed by atoms with Crippen molar-refractivity contribution >= 4 is 23.1 Å². The molecule has 150 valence electrons. The van der Waals surface area contributed by atoms with Crippen molar-refractivity contribution in [2.24, 2.45) is 0 Å². The smallest absolute Gasteiger partial charge is 0.300 e. The maximum atomic E-state index is 13.4. The first-order chi connectivity index (χ1) is 14.5. The third-order valence-corrected chi connectivity index (χ3v) is 5.03. The molecule has 1 amide bonds. The molecule has 0 bridgehead atoms. The van der Waals surface area contributed by atoms with Gasteiger partial charge in [0.05, 0.1) is 18.7 Å². The Balaban J connectivity index is 1.92. The van der Waals surface area contributed by atoms with E-state index in [1.54, 1.807) is 54.6 Å². The zero-order chi connectivity index (χ0) is 21.3.